The second-order valence-corrected chi connectivity index (χ2v) is 9.03. The number of carbonyl (C=O) groups excluding carboxylic acids is 2. The maximum atomic E-state index is 13.0. The van der Waals surface area contributed by atoms with E-state index in [1.54, 1.807) is 23.4 Å². The third kappa shape index (κ3) is 6.65. The van der Waals surface area contributed by atoms with E-state index in [0.717, 1.165) is 33.6 Å². The third-order valence-corrected chi connectivity index (χ3v) is 5.97. The van der Waals surface area contributed by atoms with Gasteiger partial charge in [-0.25, -0.2) is 0 Å². The molecule has 4 rings (SSSR count). The Labute approximate surface area is 215 Å². The summed E-state index contributed by atoms with van der Waals surface area (Å²) in [6.07, 6.45) is 3.30. The highest BCUT2D eigenvalue weighted by atomic mass is 16.5. The van der Waals surface area contributed by atoms with Gasteiger partial charge in [-0.1, -0.05) is 41.6 Å². The van der Waals surface area contributed by atoms with Gasteiger partial charge >= 0.3 is 0 Å². The van der Waals surface area contributed by atoms with Crippen LogP contribution in [0.25, 0.3) is 11.4 Å². The van der Waals surface area contributed by atoms with E-state index in [0.29, 0.717) is 17.3 Å². The largest absolute Gasteiger partial charge is 0.338 e. The number of benzene rings is 2. The fourth-order valence-corrected chi connectivity index (χ4v) is 4.08. The summed E-state index contributed by atoms with van der Waals surface area (Å²) in [5, 5.41) is 9.99. The zero-order valence-electron chi connectivity index (χ0n) is 21.4. The summed E-state index contributed by atoms with van der Waals surface area (Å²) < 4.78 is 5.43. The van der Waals surface area contributed by atoms with E-state index < -0.39 is 0 Å². The number of aromatic nitrogens is 3. The minimum atomic E-state index is -0.246. The Kier molecular flexibility index (Phi) is 8.05. The maximum Gasteiger partial charge on any atom is 0.241 e. The van der Waals surface area contributed by atoms with E-state index in [4.69, 9.17) is 4.52 Å². The third-order valence-electron chi connectivity index (χ3n) is 5.97. The van der Waals surface area contributed by atoms with Crippen LogP contribution in [0.3, 0.4) is 0 Å². The van der Waals surface area contributed by atoms with Crippen molar-refractivity contribution in [3.8, 4) is 11.4 Å². The van der Waals surface area contributed by atoms with Gasteiger partial charge in [0.25, 0.3) is 0 Å². The monoisotopic (exact) mass is 498 g/mol. The molecule has 0 unspecified atom stereocenters. The van der Waals surface area contributed by atoms with Crippen LogP contribution in [0.4, 0.5) is 11.4 Å². The molecule has 2 aromatic carbocycles. The molecular weight excluding hydrogens is 468 g/mol. The Bertz CT molecular complexity index is 1290. The normalized spacial score (nSPS) is 10.9. The molecule has 190 valence electrons. The first-order valence-electron chi connectivity index (χ1n) is 12.0. The quantitative estimate of drug-likeness (QED) is 0.351. The van der Waals surface area contributed by atoms with Crippen LogP contribution in [0.1, 0.15) is 28.1 Å². The van der Waals surface area contributed by atoms with Gasteiger partial charge in [-0.15, -0.1) is 0 Å². The van der Waals surface area contributed by atoms with Gasteiger partial charge in [-0.2, -0.15) is 4.98 Å². The lowest BCUT2D eigenvalue weighted by molar-refractivity contribution is -0.120. The first kappa shape index (κ1) is 25.7. The molecule has 2 aromatic heterocycles. The van der Waals surface area contributed by atoms with Gasteiger partial charge in [0, 0.05) is 29.3 Å². The molecule has 2 heterocycles. The highest BCUT2D eigenvalue weighted by Gasteiger charge is 2.20. The zero-order valence-corrected chi connectivity index (χ0v) is 21.4. The molecule has 0 radical (unpaired) electrons. The number of amides is 2. The Morgan fingerprint density at radius 2 is 1.35 bits per heavy atom. The lowest BCUT2D eigenvalue weighted by Crippen LogP contribution is -2.38. The van der Waals surface area contributed by atoms with Crippen molar-refractivity contribution in [3.63, 3.8) is 0 Å². The Morgan fingerprint density at radius 1 is 0.811 bits per heavy atom. The van der Waals surface area contributed by atoms with Gasteiger partial charge in [0.15, 0.2) is 0 Å². The van der Waals surface area contributed by atoms with Crippen LogP contribution in [0.15, 0.2) is 65.4 Å². The van der Waals surface area contributed by atoms with Crippen molar-refractivity contribution in [2.75, 3.05) is 23.7 Å². The smallest absolute Gasteiger partial charge is 0.241 e. The topological polar surface area (TPSA) is 113 Å². The molecule has 0 fully saturated rings. The summed E-state index contributed by atoms with van der Waals surface area (Å²) in [6, 6.07) is 15.3. The fourth-order valence-electron chi connectivity index (χ4n) is 4.08. The van der Waals surface area contributed by atoms with Crippen LogP contribution in [0.5, 0.6) is 0 Å². The molecule has 0 saturated carbocycles. The Morgan fingerprint density at radius 3 is 1.84 bits per heavy atom. The number of hydrogen-bond donors (Lipinski definition) is 2. The van der Waals surface area contributed by atoms with Crippen molar-refractivity contribution >= 4 is 23.2 Å². The molecule has 0 bridgehead atoms. The number of pyridine rings is 1. The van der Waals surface area contributed by atoms with Crippen molar-refractivity contribution in [2.45, 2.75) is 34.2 Å². The second kappa shape index (κ2) is 11.6. The minimum Gasteiger partial charge on any atom is -0.338 e. The van der Waals surface area contributed by atoms with Gasteiger partial charge in [0.2, 0.25) is 23.5 Å². The highest BCUT2D eigenvalue weighted by Crippen LogP contribution is 2.21. The number of hydrogen-bond acceptors (Lipinski definition) is 7. The van der Waals surface area contributed by atoms with Crippen LogP contribution in [0.2, 0.25) is 0 Å². The second-order valence-electron chi connectivity index (χ2n) is 9.03. The van der Waals surface area contributed by atoms with Crippen LogP contribution >= 0.6 is 0 Å². The van der Waals surface area contributed by atoms with Gasteiger partial charge in [0.05, 0.1) is 19.6 Å². The lowest BCUT2D eigenvalue weighted by atomic mass is 10.1. The van der Waals surface area contributed by atoms with Crippen molar-refractivity contribution in [1.29, 1.82) is 0 Å². The van der Waals surface area contributed by atoms with Crippen molar-refractivity contribution < 1.29 is 14.1 Å². The van der Waals surface area contributed by atoms with E-state index in [-0.39, 0.29) is 31.4 Å². The summed E-state index contributed by atoms with van der Waals surface area (Å²) in [6.45, 7) is 7.80. The van der Waals surface area contributed by atoms with E-state index >= 15 is 0 Å². The first-order valence-corrected chi connectivity index (χ1v) is 12.0. The average Bonchev–Trinajstić information content (AvgIpc) is 3.33. The van der Waals surface area contributed by atoms with Crippen LogP contribution in [-0.4, -0.2) is 44.9 Å². The van der Waals surface area contributed by atoms with Gasteiger partial charge < -0.3 is 15.2 Å². The molecule has 4 aromatic rings. The predicted octanol–water partition coefficient (Wildman–Crippen LogP) is 4.44. The van der Waals surface area contributed by atoms with E-state index in [2.05, 4.69) is 25.8 Å². The summed E-state index contributed by atoms with van der Waals surface area (Å²) in [4.78, 5) is 36.3. The van der Waals surface area contributed by atoms with Gasteiger partial charge in [-0.05, 0) is 62.1 Å². The minimum absolute atomic E-state index is 0.0431. The molecule has 2 amide bonds. The van der Waals surface area contributed by atoms with Crippen LogP contribution < -0.4 is 10.6 Å². The molecule has 37 heavy (non-hydrogen) atoms. The lowest BCUT2D eigenvalue weighted by Gasteiger charge is -2.21. The molecular formula is C28H30N6O3. The Hall–Kier alpha value is -4.37. The molecule has 9 nitrogen and oxygen atoms in total. The van der Waals surface area contributed by atoms with E-state index in [1.165, 1.54) is 0 Å². The molecule has 0 aliphatic carbocycles. The molecule has 9 heteroatoms. The van der Waals surface area contributed by atoms with E-state index in [9.17, 15) is 9.59 Å². The molecule has 0 aliphatic rings. The molecule has 0 atom stereocenters. The summed E-state index contributed by atoms with van der Waals surface area (Å²) in [5.74, 6) is 0.190. The standard InChI is InChI=1S/C28H30N6O3/c1-18-8-5-9-19(2)26(18)30-23(35)15-34(16-24(36)31-27-20(3)10-6-11-21(27)4)17-25-32-28(33-37-25)22-12-7-13-29-14-22/h5-14H,15-17H2,1-4H3,(H,30,35)(H,31,36). The maximum absolute atomic E-state index is 13.0. The number of anilines is 2. The van der Waals surface area contributed by atoms with Gasteiger partial charge in [0.1, 0.15) is 0 Å². The number of rotatable bonds is 9. The number of aryl methyl sites for hydroxylation is 4. The number of carbonyl (C=O) groups is 2. The van der Waals surface area contributed by atoms with Crippen LogP contribution in [-0.2, 0) is 16.1 Å². The fraction of sp³-hybridized carbons (Fsp3) is 0.250. The molecule has 0 saturated heterocycles. The number of nitrogens with one attached hydrogen (secondary N) is 2. The number of nitrogens with zero attached hydrogens (tertiary/aromatic N) is 4. The van der Waals surface area contributed by atoms with Crippen molar-refractivity contribution in [3.05, 3.63) is 89.1 Å². The molecule has 0 aliphatic heterocycles. The molecule has 0 spiro atoms. The van der Waals surface area contributed by atoms with Gasteiger partial charge in [-0.3, -0.25) is 19.5 Å². The number of para-hydroxylation sites is 2. The first-order chi connectivity index (χ1) is 17.8. The summed E-state index contributed by atoms with van der Waals surface area (Å²) >= 11 is 0. The zero-order chi connectivity index (χ0) is 26.4. The average molecular weight is 499 g/mol. The van der Waals surface area contributed by atoms with E-state index in [1.807, 2.05) is 70.2 Å². The van der Waals surface area contributed by atoms with Crippen molar-refractivity contribution in [2.24, 2.45) is 0 Å². The summed E-state index contributed by atoms with van der Waals surface area (Å²) in [5.41, 5.74) is 6.10. The SMILES string of the molecule is Cc1cccc(C)c1NC(=O)CN(CC(=O)Nc1c(C)cccc1C)Cc1nc(-c2cccnc2)no1. The van der Waals surface area contributed by atoms with Crippen LogP contribution in [0, 0.1) is 27.7 Å². The predicted molar refractivity (Wildman–Crippen MR) is 142 cm³/mol. The molecule has 2 N–H and O–H groups in total. The Balaban J connectivity index is 1.51. The summed E-state index contributed by atoms with van der Waals surface area (Å²) in [7, 11) is 0. The highest BCUT2D eigenvalue weighted by molar-refractivity contribution is 5.96. The van der Waals surface area contributed by atoms with Crippen molar-refractivity contribution in [1.82, 2.24) is 20.0 Å².